The first-order valence-corrected chi connectivity index (χ1v) is 6.60. The van der Waals surface area contributed by atoms with E-state index in [9.17, 15) is 5.11 Å². The third kappa shape index (κ3) is 2.72. The van der Waals surface area contributed by atoms with Gasteiger partial charge in [-0.25, -0.2) is 0 Å². The molecule has 0 spiro atoms. The lowest BCUT2D eigenvalue weighted by Crippen LogP contribution is -2.27. The van der Waals surface area contributed by atoms with Crippen molar-refractivity contribution in [2.45, 2.75) is 37.8 Å². The van der Waals surface area contributed by atoms with Crippen LogP contribution in [-0.4, -0.2) is 17.3 Å². The van der Waals surface area contributed by atoms with E-state index in [-0.39, 0.29) is 6.10 Å². The van der Waals surface area contributed by atoms with Crippen molar-refractivity contribution in [2.24, 2.45) is 0 Å². The Kier molecular flexibility index (Phi) is 3.47. The highest BCUT2D eigenvalue weighted by atomic mass is 79.9. The molecule has 0 amide bonds. The molecule has 1 heterocycles. The first kappa shape index (κ1) is 10.5. The molecular formula is C10H14BrNOS. The average Bonchev–Trinajstić information content (AvgIpc) is 2.56. The van der Waals surface area contributed by atoms with Gasteiger partial charge in [0.05, 0.1) is 11.1 Å². The van der Waals surface area contributed by atoms with Gasteiger partial charge in [0.2, 0.25) is 0 Å². The van der Waals surface area contributed by atoms with Gasteiger partial charge in [-0.1, -0.05) is 0 Å². The molecule has 1 saturated carbocycles. The van der Waals surface area contributed by atoms with E-state index in [0.29, 0.717) is 6.04 Å². The number of hydrogen-bond acceptors (Lipinski definition) is 3. The van der Waals surface area contributed by atoms with E-state index < -0.39 is 0 Å². The fraction of sp³-hybridized carbons (Fsp3) is 0.600. The van der Waals surface area contributed by atoms with Crippen LogP contribution in [0.25, 0.3) is 0 Å². The minimum atomic E-state index is -0.0666. The van der Waals surface area contributed by atoms with Crippen LogP contribution in [0, 0.1) is 0 Å². The van der Waals surface area contributed by atoms with Crippen LogP contribution in [0.3, 0.4) is 0 Å². The Labute approximate surface area is 96.5 Å². The van der Waals surface area contributed by atoms with E-state index in [2.05, 4.69) is 32.7 Å². The van der Waals surface area contributed by atoms with Crippen molar-refractivity contribution < 1.29 is 5.11 Å². The lowest BCUT2D eigenvalue weighted by molar-refractivity contribution is 0.126. The molecule has 2 N–H and O–H groups in total. The summed E-state index contributed by atoms with van der Waals surface area (Å²) in [5, 5.41) is 16.2. The van der Waals surface area contributed by atoms with Crippen molar-refractivity contribution in [3.63, 3.8) is 0 Å². The molecule has 1 aliphatic rings. The highest BCUT2D eigenvalue weighted by molar-refractivity contribution is 9.10. The molecule has 0 aromatic carbocycles. The van der Waals surface area contributed by atoms with Gasteiger partial charge in [-0.15, -0.1) is 11.3 Å². The third-order valence-electron chi connectivity index (χ3n) is 2.61. The minimum absolute atomic E-state index is 0.0666. The molecule has 2 nitrogen and oxygen atoms in total. The second-order valence-electron chi connectivity index (χ2n) is 3.78. The zero-order chi connectivity index (χ0) is 9.97. The van der Waals surface area contributed by atoms with Gasteiger partial charge < -0.3 is 10.4 Å². The van der Waals surface area contributed by atoms with E-state index in [4.69, 9.17) is 0 Å². The predicted molar refractivity (Wildman–Crippen MR) is 63.9 cm³/mol. The fourth-order valence-corrected chi connectivity index (χ4v) is 3.21. The van der Waals surface area contributed by atoms with Crippen molar-refractivity contribution in [1.29, 1.82) is 0 Å². The van der Waals surface area contributed by atoms with Crippen LogP contribution in [-0.2, 0) is 0 Å². The number of anilines is 1. The topological polar surface area (TPSA) is 32.3 Å². The maximum absolute atomic E-state index is 9.36. The second-order valence-corrected chi connectivity index (χ2v) is 5.61. The number of aliphatic hydroxyl groups excluding tert-OH is 1. The van der Waals surface area contributed by atoms with Crippen molar-refractivity contribution in [3.8, 4) is 0 Å². The van der Waals surface area contributed by atoms with Gasteiger partial charge in [0, 0.05) is 15.9 Å². The zero-order valence-corrected chi connectivity index (χ0v) is 10.3. The molecule has 0 bridgehead atoms. The second kappa shape index (κ2) is 4.64. The third-order valence-corrected chi connectivity index (χ3v) is 4.23. The Bertz CT molecular complexity index is 294. The molecule has 0 aliphatic heterocycles. The van der Waals surface area contributed by atoms with E-state index in [1.807, 2.05) is 0 Å². The monoisotopic (exact) mass is 275 g/mol. The lowest BCUT2D eigenvalue weighted by atomic mass is 9.93. The largest absolute Gasteiger partial charge is 0.393 e. The Morgan fingerprint density at radius 2 is 2.07 bits per heavy atom. The van der Waals surface area contributed by atoms with Gasteiger partial charge in [-0.05, 0) is 47.7 Å². The molecule has 0 saturated heterocycles. The zero-order valence-electron chi connectivity index (χ0n) is 7.87. The number of rotatable bonds is 2. The van der Waals surface area contributed by atoms with Crippen molar-refractivity contribution in [2.75, 3.05) is 5.32 Å². The van der Waals surface area contributed by atoms with E-state index >= 15 is 0 Å². The minimum Gasteiger partial charge on any atom is -0.393 e. The summed E-state index contributed by atoms with van der Waals surface area (Å²) in [6, 6.07) is 2.65. The summed E-state index contributed by atoms with van der Waals surface area (Å²) in [4.78, 5) is 0. The number of aliphatic hydroxyl groups is 1. The molecule has 0 unspecified atom stereocenters. The summed E-state index contributed by atoms with van der Waals surface area (Å²) in [5.74, 6) is 0. The molecule has 4 heteroatoms. The highest BCUT2D eigenvalue weighted by Gasteiger charge is 2.19. The van der Waals surface area contributed by atoms with Crippen LogP contribution in [0.2, 0.25) is 0 Å². The average molecular weight is 276 g/mol. The van der Waals surface area contributed by atoms with Gasteiger partial charge in [-0.2, -0.15) is 0 Å². The Morgan fingerprint density at radius 1 is 1.36 bits per heavy atom. The number of nitrogens with one attached hydrogen (secondary N) is 1. The molecule has 0 radical (unpaired) electrons. The van der Waals surface area contributed by atoms with Crippen LogP contribution in [0.1, 0.15) is 25.7 Å². The van der Waals surface area contributed by atoms with Crippen LogP contribution < -0.4 is 5.32 Å². The number of halogens is 1. The first-order chi connectivity index (χ1) is 6.74. The maximum Gasteiger partial charge on any atom is 0.0896 e. The molecule has 78 valence electrons. The summed E-state index contributed by atoms with van der Waals surface area (Å²) in [7, 11) is 0. The van der Waals surface area contributed by atoms with Gasteiger partial charge >= 0.3 is 0 Å². The van der Waals surface area contributed by atoms with Gasteiger partial charge in [-0.3, -0.25) is 0 Å². The van der Waals surface area contributed by atoms with Gasteiger partial charge in [0.1, 0.15) is 0 Å². The van der Waals surface area contributed by atoms with Crippen molar-refractivity contribution in [1.82, 2.24) is 0 Å². The van der Waals surface area contributed by atoms with Crippen LogP contribution in [0.5, 0.6) is 0 Å². The summed E-state index contributed by atoms with van der Waals surface area (Å²) in [6.07, 6.45) is 3.96. The smallest absolute Gasteiger partial charge is 0.0896 e. The molecule has 1 aromatic rings. The Balaban J connectivity index is 1.86. The van der Waals surface area contributed by atoms with E-state index in [1.54, 1.807) is 11.3 Å². The summed E-state index contributed by atoms with van der Waals surface area (Å²) in [5.41, 5.74) is 0. The fourth-order valence-electron chi connectivity index (χ4n) is 1.81. The molecule has 14 heavy (non-hydrogen) atoms. The van der Waals surface area contributed by atoms with E-state index in [0.717, 1.165) is 30.2 Å². The molecule has 2 rings (SSSR count). The number of thiophene rings is 1. The van der Waals surface area contributed by atoms with Crippen LogP contribution in [0.15, 0.2) is 15.9 Å². The molecule has 0 atom stereocenters. The standard InChI is InChI=1S/C10H14BrNOS/c11-7-5-10(14-6-7)12-8-1-3-9(13)4-2-8/h5-6,8-9,12-13H,1-4H2. The van der Waals surface area contributed by atoms with Crippen molar-refractivity contribution in [3.05, 3.63) is 15.9 Å². The molecule has 1 fully saturated rings. The lowest BCUT2D eigenvalue weighted by Gasteiger charge is -2.26. The summed E-state index contributed by atoms with van der Waals surface area (Å²) >= 11 is 5.16. The number of hydrogen-bond donors (Lipinski definition) is 2. The van der Waals surface area contributed by atoms with Crippen LogP contribution in [0.4, 0.5) is 5.00 Å². The first-order valence-electron chi connectivity index (χ1n) is 4.92. The highest BCUT2D eigenvalue weighted by Crippen LogP contribution is 2.28. The maximum atomic E-state index is 9.36. The Morgan fingerprint density at radius 3 is 2.64 bits per heavy atom. The van der Waals surface area contributed by atoms with Gasteiger partial charge in [0.15, 0.2) is 0 Å². The SMILES string of the molecule is OC1CCC(Nc2cc(Br)cs2)CC1. The molecule has 1 aromatic heterocycles. The molecule has 1 aliphatic carbocycles. The summed E-state index contributed by atoms with van der Waals surface area (Å²) < 4.78 is 1.14. The van der Waals surface area contributed by atoms with Crippen LogP contribution >= 0.6 is 27.3 Å². The van der Waals surface area contributed by atoms with Crippen molar-refractivity contribution >= 4 is 32.3 Å². The normalized spacial score (nSPS) is 27.6. The molecular weight excluding hydrogens is 262 g/mol. The summed E-state index contributed by atoms with van der Waals surface area (Å²) in [6.45, 7) is 0. The quantitative estimate of drug-likeness (QED) is 0.869. The predicted octanol–water partition coefficient (Wildman–Crippen LogP) is 3.23. The Hall–Kier alpha value is -0.0600. The van der Waals surface area contributed by atoms with Gasteiger partial charge in [0.25, 0.3) is 0 Å². The van der Waals surface area contributed by atoms with E-state index in [1.165, 1.54) is 5.00 Å².